The Morgan fingerprint density at radius 2 is 1.90 bits per heavy atom. The number of benzene rings is 1. The molecule has 1 aromatic rings. The first-order chi connectivity index (χ1) is 4.93. The second-order valence-electron chi connectivity index (χ2n) is 2.14. The molecule has 0 atom stereocenters. The fourth-order valence-corrected chi connectivity index (χ4v) is 1.23. The third kappa shape index (κ3) is 2.36. The second-order valence-corrected chi connectivity index (χ2v) is 2.95. The van der Waals surface area contributed by atoms with E-state index in [2.05, 4.69) is 24.3 Å². The Morgan fingerprint density at radius 3 is 2.50 bits per heavy atom. The third-order valence-electron chi connectivity index (χ3n) is 1.37. The summed E-state index contributed by atoms with van der Waals surface area (Å²) >= 11 is 0.990. The van der Waals surface area contributed by atoms with Crippen LogP contribution in [0.15, 0.2) is 30.3 Å². The van der Waals surface area contributed by atoms with Gasteiger partial charge in [-0.3, -0.25) is 0 Å². The molecule has 0 fully saturated rings. The van der Waals surface area contributed by atoms with Gasteiger partial charge < -0.3 is 0 Å². The normalized spacial score (nSPS) is 9.60. The smallest absolute Gasteiger partial charge is 0.0104 e. The zero-order valence-corrected chi connectivity index (χ0v) is 6.72. The van der Waals surface area contributed by atoms with Gasteiger partial charge in [0.25, 0.3) is 0 Å². The molecular weight excluding hydrogens is 140 g/mol. The Hall–Kier alpha value is -0.560. The minimum atomic E-state index is 0.990. The number of aryl methyl sites for hydroxylation is 1. The van der Waals surface area contributed by atoms with Crippen LogP contribution in [0.25, 0.3) is 0 Å². The second kappa shape index (κ2) is 4.29. The fraction of sp³-hybridized carbons (Fsp3) is 0.222. The highest BCUT2D eigenvalue weighted by Crippen LogP contribution is 2.00. The van der Waals surface area contributed by atoms with E-state index in [1.54, 1.807) is 0 Å². The first-order valence-electron chi connectivity index (χ1n) is 3.34. The minimum absolute atomic E-state index is 0.990. The van der Waals surface area contributed by atoms with Crippen LogP contribution >= 0.6 is 11.4 Å². The Bertz CT molecular complexity index is 191. The maximum Gasteiger partial charge on any atom is -0.0104 e. The molecule has 0 saturated carbocycles. The zero-order valence-electron chi connectivity index (χ0n) is 5.83. The summed E-state index contributed by atoms with van der Waals surface area (Å²) in [5.41, 5.74) is 1.38. The summed E-state index contributed by atoms with van der Waals surface area (Å²) < 4.78 is 0. The van der Waals surface area contributed by atoms with Crippen molar-refractivity contribution in [2.24, 2.45) is 0 Å². The zero-order chi connectivity index (χ0) is 7.23. The van der Waals surface area contributed by atoms with E-state index < -0.39 is 0 Å². The maximum atomic E-state index is 5.35. The molecule has 0 aliphatic rings. The average Bonchev–Trinajstić information content (AvgIpc) is 2.03. The molecule has 0 aromatic heterocycles. The van der Waals surface area contributed by atoms with Gasteiger partial charge in [0, 0.05) is 0 Å². The molecule has 0 unspecified atom stereocenters. The van der Waals surface area contributed by atoms with Gasteiger partial charge in [-0.25, -0.2) is 0 Å². The molecule has 0 saturated heterocycles. The van der Waals surface area contributed by atoms with Crippen LogP contribution in [0, 0.1) is 0 Å². The van der Waals surface area contributed by atoms with Gasteiger partial charge in [-0.05, 0) is 23.6 Å². The van der Waals surface area contributed by atoms with Gasteiger partial charge in [-0.2, -0.15) is 11.4 Å². The van der Waals surface area contributed by atoms with Crippen LogP contribution in [0.2, 0.25) is 0 Å². The molecule has 1 aromatic carbocycles. The third-order valence-corrected chi connectivity index (χ3v) is 1.85. The van der Waals surface area contributed by atoms with Gasteiger partial charge >= 0.3 is 0 Å². The monoisotopic (exact) mass is 151 g/mol. The number of rotatable bonds is 3. The topological polar surface area (TPSA) is 0 Å². The van der Waals surface area contributed by atoms with Crippen molar-refractivity contribution in [3.05, 3.63) is 35.9 Å². The van der Waals surface area contributed by atoms with E-state index in [0.717, 1.165) is 23.5 Å². The quantitative estimate of drug-likeness (QED) is 0.496. The summed E-state index contributed by atoms with van der Waals surface area (Å²) in [6, 6.07) is 10.4. The van der Waals surface area contributed by atoms with Gasteiger partial charge in [0.05, 0.1) is 0 Å². The molecule has 0 bridgehead atoms. The van der Waals surface area contributed by atoms with Crippen molar-refractivity contribution in [1.29, 1.82) is 0 Å². The minimum Gasteiger partial charge on any atom is -0.200 e. The molecule has 1 rings (SSSR count). The fourth-order valence-electron chi connectivity index (χ4n) is 0.838. The van der Waals surface area contributed by atoms with Crippen molar-refractivity contribution in [1.82, 2.24) is 0 Å². The van der Waals surface area contributed by atoms with Crippen LogP contribution < -0.4 is 0 Å². The van der Waals surface area contributed by atoms with Crippen LogP contribution in [-0.4, -0.2) is 11.6 Å². The van der Waals surface area contributed by atoms with Crippen LogP contribution in [-0.2, 0) is 6.42 Å². The highest BCUT2D eigenvalue weighted by Gasteiger charge is 1.85. The SMILES string of the molecule is [CH]=[SH]CCc1ccccc1. The predicted octanol–water partition coefficient (Wildman–Crippen LogP) is 2.00. The van der Waals surface area contributed by atoms with E-state index in [-0.39, 0.29) is 0 Å². The largest absolute Gasteiger partial charge is 0.200 e. The van der Waals surface area contributed by atoms with E-state index >= 15 is 0 Å². The lowest BCUT2D eigenvalue weighted by atomic mass is 10.2. The molecule has 0 nitrogen and oxygen atoms in total. The van der Waals surface area contributed by atoms with E-state index in [4.69, 9.17) is 5.87 Å². The molecule has 0 spiro atoms. The van der Waals surface area contributed by atoms with Crippen LogP contribution in [0.4, 0.5) is 0 Å². The van der Waals surface area contributed by atoms with E-state index in [0.29, 0.717) is 0 Å². The van der Waals surface area contributed by atoms with Crippen LogP contribution in [0.5, 0.6) is 0 Å². The lowest BCUT2D eigenvalue weighted by Gasteiger charge is -1.94. The summed E-state index contributed by atoms with van der Waals surface area (Å²) in [6.45, 7) is 0. The van der Waals surface area contributed by atoms with Gasteiger partial charge in [0.2, 0.25) is 0 Å². The average molecular weight is 151 g/mol. The molecule has 0 amide bonds. The number of hydrogen-bond acceptors (Lipinski definition) is 0. The highest BCUT2D eigenvalue weighted by molar-refractivity contribution is 7.96. The predicted molar refractivity (Wildman–Crippen MR) is 50.1 cm³/mol. The van der Waals surface area contributed by atoms with Crippen molar-refractivity contribution in [3.63, 3.8) is 0 Å². The van der Waals surface area contributed by atoms with Crippen molar-refractivity contribution >= 4 is 17.2 Å². The standard InChI is InChI=1S/C9H11S/c1-10-8-7-9-5-3-2-4-6-9/h1-6,10H,7-8H2. The Labute approximate surface area is 65.9 Å². The first-order valence-corrected chi connectivity index (χ1v) is 4.49. The Morgan fingerprint density at radius 1 is 1.20 bits per heavy atom. The number of thiol groups is 1. The summed E-state index contributed by atoms with van der Waals surface area (Å²) in [5.74, 6) is 6.41. The lowest BCUT2D eigenvalue weighted by Crippen LogP contribution is -1.83. The summed E-state index contributed by atoms with van der Waals surface area (Å²) in [7, 11) is 0. The molecular formula is C9H11S. The van der Waals surface area contributed by atoms with E-state index in [1.807, 2.05) is 6.07 Å². The maximum absolute atomic E-state index is 5.35. The Balaban J connectivity index is 2.50. The van der Waals surface area contributed by atoms with Gasteiger partial charge in [0.15, 0.2) is 0 Å². The molecule has 0 heterocycles. The van der Waals surface area contributed by atoms with Gasteiger partial charge in [-0.15, -0.1) is 0 Å². The van der Waals surface area contributed by atoms with Crippen molar-refractivity contribution in [2.45, 2.75) is 6.42 Å². The van der Waals surface area contributed by atoms with Crippen molar-refractivity contribution in [2.75, 3.05) is 5.75 Å². The van der Waals surface area contributed by atoms with Crippen molar-refractivity contribution < 1.29 is 0 Å². The molecule has 0 aliphatic heterocycles. The summed E-state index contributed by atoms with van der Waals surface area (Å²) in [4.78, 5) is 0. The lowest BCUT2D eigenvalue weighted by molar-refractivity contribution is 1.16. The molecule has 0 N–H and O–H groups in total. The van der Waals surface area contributed by atoms with E-state index in [9.17, 15) is 0 Å². The molecule has 53 valence electrons. The summed E-state index contributed by atoms with van der Waals surface area (Å²) in [6.07, 6.45) is 1.10. The van der Waals surface area contributed by atoms with Crippen molar-refractivity contribution in [3.8, 4) is 0 Å². The Kier molecular flexibility index (Phi) is 3.23. The van der Waals surface area contributed by atoms with Crippen LogP contribution in [0.3, 0.4) is 0 Å². The molecule has 10 heavy (non-hydrogen) atoms. The number of hydrogen-bond donors (Lipinski definition) is 1. The van der Waals surface area contributed by atoms with E-state index in [1.165, 1.54) is 5.56 Å². The van der Waals surface area contributed by atoms with Gasteiger partial charge in [-0.1, -0.05) is 30.3 Å². The molecule has 0 aliphatic carbocycles. The molecule has 1 radical (unpaired) electrons. The summed E-state index contributed by atoms with van der Waals surface area (Å²) in [5, 5.41) is 0. The molecule has 1 heteroatoms. The van der Waals surface area contributed by atoms with Gasteiger partial charge in [0.1, 0.15) is 0 Å². The first kappa shape index (κ1) is 7.55. The van der Waals surface area contributed by atoms with Crippen LogP contribution in [0.1, 0.15) is 5.56 Å². The highest BCUT2D eigenvalue weighted by atomic mass is 32.1.